The van der Waals surface area contributed by atoms with Gasteiger partial charge in [-0.2, -0.15) is 0 Å². The summed E-state index contributed by atoms with van der Waals surface area (Å²) in [4.78, 5) is 16.7. The molecule has 7 nitrogen and oxygen atoms in total. The molecule has 4 rings (SSSR count). The van der Waals surface area contributed by atoms with Crippen molar-refractivity contribution in [3.05, 3.63) is 83.4 Å². The van der Waals surface area contributed by atoms with E-state index in [2.05, 4.69) is 34.9 Å². The Morgan fingerprint density at radius 1 is 0.914 bits per heavy atom. The number of nitrogens with one attached hydrogen (secondary N) is 1. The van der Waals surface area contributed by atoms with Gasteiger partial charge in [0.25, 0.3) is 5.91 Å². The summed E-state index contributed by atoms with van der Waals surface area (Å²) in [5, 5.41) is 9.80. The highest BCUT2D eigenvalue weighted by molar-refractivity contribution is 7.89. The molecule has 1 heterocycles. The van der Waals surface area contributed by atoms with Crippen molar-refractivity contribution in [2.45, 2.75) is 19.9 Å². The van der Waals surface area contributed by atoms with Crippen molar-refractivity contribution in [2.75, 3.05) is 37.3 Å². The Morgan fingerprint density at radius 3 is 2.23 bits per heavy atom. The average molecular weight is 494 g/mol. The fourth-order valence-corrected chi connectivity index (χ4v) is 4.88. The Kier molecular flexibility index (Phi) is 7.42. The van der Waals surface area contributed by atoms with Gasteiger partial charge in [0.05, 0.1) is 6.26 Å². The van der Waals surface area contributed by atoms with Crippen LogP contribution in [0.4, 0.5) is 5.69 Å². The summed E-state index contributed by atoms with van der Waals surface area (Å²) < 4.78 is 24.5. The fourth-order valence-electron chi connectivity index (χ4n) is 4.43. The van der Waals surface area contributed by atoms with Gasteiger partial charge in [0.1, 0.15) is 5.75 Å². The van der Waals surface area contributed by atoms with E-state index in [1.165, 1.54) is 11.1 Å². The molecule has 2 N–H and O–H groups in total. The molecule has 1 aliphatic heterocycles. The lowest BCUT2D eigenvalue weighted by molar-refractivity contribution is 0.0981. The number of hydrogen-bond donors (Lipinski definition) is 2. The molecule has 0 atom stereocenters. The average Bonchev–Trinajstić information content (AvgIpc) is 2.84. The maximum atomic E-state index is 12.0. The number of rotatable bonds is 7. The normalized spacial score (nSPS) is 14.6. The topological polar surface area (TPSA) is 89.9 Å². The minimum Gasteiger partial charge on any atom is -0.508 e. The Labute approximate surface area is 207 Å². The molecule has 3 aromatic carbocycles. The van der Waals surface area contributed by atoms with Crippen molar-refractivity contribution >= 4 is 21.6 Å². The third kappa shape index (κ3) is 6.41. The number of phenols is 1. The molecular formula is C27H31N3O4S. The number of anilines is 1. The zero-order chi connectivity index (χ0) is 25.0. The first-order chi connectivity index (χ1) is 16.7. The molecule has 1 amide bonds. The first-order valence-electron chi connectivity index (χ1n) is 11.7. The van der Waals surface area contributed by atoms with Gasteiger partial charge in [0, 0.05) is 44.0 Å². The van der Waals surface area contributed by atoms with Gasteiger partial charge in [0.15, 0.2) is 0 Å². The number of benzene rings is 3. The van der Waals surface area contributed by atoms with E-state index < -0.39 is 15.9 Å². The number of aryl methyl sites for hydroxylation is 1. The van der Waals surface area contributed by atoms with Crippen LogP contribution in [0.3, 0.4) is 0 Å². The van der Waals surface area contributed by atoms with Crippen LogP contribution in [0.1, 0.15) is 28.4 Å². The predicted molar refractivity (Wildman–Crippen MR) is 139 cm³/mol. The molecule has 3 aromatic rings. The van der Waals surface area contributed by atoms with Crippen molar-refractivity contribution in [2.24, 2.45) is 0 Å². The highest BCUT2D eigenvalue weighted by atomic mass is 32.2. The van der Waals surface area contributed by atoms with Crippen molar-refractivity contribution in [1.82, 2.24) is 9.62 Å². The number of phenolic OH excluding ortho intramolecular Hbond substituents is 1. The summed E-state index contributed by atoms with van der Waals surface area (Å²) in [5.74, 6) is -0.347. The van der Waals surface area contributed by atoms with E-state index in [4.69, 9.17) is 0 Å². The highest BCUT2D eigenvalue weighted by Gasteiger charge is 2.19. The molecule has 35 heavy (non-hydrogen) atoms. The molecule has 0 bridgehead atoms. The number of hydrogen-bond acceptors (Lipinski definition) is 6. The van der Waals surface area contributed by atoms with Gasteiger partial charge in [-0.25, -0.2) is 13.1 Å². The lowest BCUT2D eigenvalue weighted by atomic mass is 9.97. The lowest BCUT2D eigenvalue weighted by Gasteiger charge is -2.36. The third-order valence-corrected chi connectivity index (χ3v) is 6.86. The van der Waals surface area contributed by atoms with Gasteiger partial charge in [-0.15, -0.1) is 0 Å². The van der Waals surface area contributed by atoms with E-state index in [0.29, 0.717) is 5.56 Å². The minimum absolute atomic E-state index is 0.273. The first-order valence-corrected chi connectivity index (χ1v) is 13.6. The zero-order valence-electron chi connectivity index (χ0n) is 20.1. The largest absolute Gasteiger partial charge is 0.508 e. The first kappa shape index (κ1) is 24.8. The standard InChI is InChI=1S/C27H31N3O4S/c1-3-20-17-23(22-5-4-6-26(31)18-22)7-8-24(20)19-29-13-15-30(16-14-29)25-11-9-21(10-12-25)27(32)28-35(2,33)34/h4-12,17-18,31H,3,13-16,19H2,1-2H3,(H,28,32). The molecule has 8 heteroatoms. The van der Waals surface area contributed by atoms with E-state index in [1.54, 1.807) is 24.3 Å². The van der Waals surface area contributed by atoms with Crippen LogP contribution in [0, 0.1) is 0 Å². The number of amides is 1. The Balaban J connectivity index is 1.36. The Bertz CT molecular complexity index is 1300. The number of aromatic hydroxyl groups is 1. The van der Waals surface area contributed by atoms with Crippen LogP contribution in [0.25, 0.3) is 11.1 Å². The monoisotopic (exact) mass is 493 g/mol. The van der Waals surface area contributed by atoms with Crippen LogP contribution < -0.4 is 9.62 Å². The second-order valence-corrected chi connectivity index (χ2v) is 10.6. The zero-order valence-corrected chi connectivity index (χ0v) is 20.9. The summed E-state index contributed by atoms with van der Waals surface area (Å²) in [6.07, 6.45) is 1.91. The lowest BCUT2D eigenvalue weighted by Crippen LogP contribution is -2.46. The molecule has 0 aliphatic carbocycles. The van der Waals surface area contributed by atoms with Gasteiger partial charge in [-0.3, -0.25) is 9.69 Å². The summed E-state index contributed by atoms with van der Waals surface area (Å²) in [6, 6.07) is 20.9. The number of carbonyl (C=O) groups is 1. The Morgan fingerprint density at radius 2 is 1.60 bits per heavy atom. The maximum Gasteiger partial charge on any atom is 0.264 e. The number of piperazine rings is 1. The molecule has 1 saturated heterocycles. The van der Waals surface area contributed by atoms with Crippen molar-refractivity contribution in [3.8, 4) is 16.9 Å². The highest BCUT2D eigenvalue weighted by Crippen LogP contribution is 2.27. The van der Waals surface area contributed by atoms with Crippen molar-refractivity contribution in [3.63, 3.8) is 0 Å². The summed E-state index contributed by atoms with van der Waals surface area (Å²) in [5.41, 5.74) is 6.10. The molecule has 0 radical (unpaired) electrons. The smallest absolute Gasteiger partial charge is 0.264 e. The molecule has 1 aliphatic rings. The van der Waals surface area contributed by atoms with Gasteiger partial charge >= 0.3 is 0 Å². The molecule has 0 unspecified atom stereocenters. The second kappa shape index (κ2) is 10.5. The van der Waals surface area contributed by atoms with Crippen LogP contribution in [-0.4, -0.2) is 56.8 Å². The van der Waals surface area contributed by atoms with Crippen molar-refractivity contribution < 1.29 is 18.3 Å². The minimum atomic E-state index is -3.58. The van der Waals surface area contributed by atoms with Crippen LogP contribution >= 0.6 is 0 Å². The van der Waals surface area contributed by atoms with Gasteiger partial charge in [-0.1, -0.05) is 37.3 Å². The predicted octanol–water partition coefficient (Wildman–Crippen LogP) is 3.63. The Hall–Kier alpha value is -3.36. The fraction of sp³-hybridized carbons (Fsp3) is 0.296. The van der Waals surface area contributed by atoms with Gasteiger partial charge in [-0.05, 0) is 65.1 Å². The molecule has 1 fully saturated rings. The van der Waals surface area contributed by atoms with Gasteiger partial charge < -0.3 is 10.0 Å². The molecule has 0 aromatic heterocycles. The molecule has 0 spiro atoms. The number of sulfonamides is 1. The molecule has 184 valence electrons. The maximum absolute atomic E-state index is 12.0. The quantitative estimate of drug-likeness (QED) is 0.523. The second-order valence-electron chi connectivity index (χ2n) is 8.90. The number of nitrogens with zero attached hydrogens (tertiary/aromatic N) is 2. The van der Waals surface area contributed by atoms with E-state index in [1.807, 2.05) is 29.0 Å². The van der Waals surface area contributed by atoms with Crippen LogP contribution in [0.5, 0.6) is 5.75 Å². The summed E-state index contributed by atoms with van der Waals surface area (Å²) in [7, 11) is -3.58. The van der Waals surface area contributed by atoms with Crippen molar-refractivity contribution in [1.29, 1.82) is 0 Å². The molecular weight excluding hydrogens is 462 g/mol. The van der Waals surface area contributed by atoms with E-state index in [9.17, 15) is 18.3 Å². The number of carbonyl (C=O) groups excluding carboxylic acids is 1. The van der Waals surface area contributed by atoms with Crippen LogP contribution in [0.15, 0.2) is 66.7 Å². The van der Waals surface area contributed by atoms with E-state index >= 15 is 0 Å². The third-order valence-electron chi connectivity index (χ3n) is 6.31. The molecule has 0 saturated carbocycles. The van der Waals surface area contributed by atoms with Crippen LogP contribution in [-0.2, 0) is 23.0 Å². The SMILES string of the molecule is CCc1cc(-c2cccc(O)c2)ccc1CN1CCN(c2ccc(C(=O)NS(C)(=O)=O)cc2)CC1. The summed E-state index contributed by atoms with van der Waals surface area (Å²) in [6.45, 7) is 6.65. The van der Waals surface area contributed by atoms with E-state index in [0.717, 1.165) is 62.2 Å². The van der Waals surface area contributed by atoms with E-state index in [-0.39, 0.29) is 5.75 Å². The van der Waals surface area contributed by atoms with Crippen LogP contribution in [0.2, 0.25) is 0 Å². The van der Waals surface area contributed by atoms with Gasteiger partial charge in [0.2, 0.25) is 10.0 Å². The summed E-state index contributed by atoms with van der Waals surface area (Å²) >= 11 is 0.